The summed E-state index contributed by atoms with van der Waals surface area (Å²) in [5.74, 6) is 0. The molecule has 3 rings (SSSR count). The van der Waals surface area contributed by atoms with Gasteiger partial charge in [0.1, 0.15) is 5.15 Å². The molecular weight excluding hydrogens is 338 g/mol. The number of nitrogens with zero attached hydrogens (tertiary/aromatic N) is 2. The van der Waals surface area contributed by atoms with E-state index in [9.17, 15) is 5.11 Å². The van der Waals surface area contributed by atoms with E-state index in [2.05, 4.69) is 42.5 Å². The highest BCUT2D eigenvalue weighted by Crippen LogP contribution is 2.26. The Morgan fingerprint density at radius 2 is 2.00 bits per heavy atom. The molecule has 0 unspecified atom stereocenters. The van der Waals surface area contributed by atoms with Crippen LogP contribution in [0.25, 0.3) is 5.69 Å². The van der Waals surface area contributed by atoms with Crippen molar-refractivity contribution in [3.8, 4) is 5.69 Å². The van der Waals surface area contributed by atoms with Crippen molar-refractivity contribution in [2.75, 3.05) is 19.8 Å². The largest absolute Gasteiger partial charge is 0.388 e. The Morgan fingerprint density at radius 1 is 1.28 bits per heavy atom. The monoisotopic (exact) mass is 363 g/mol. The Bertz CT molecular complexity index is 751. The molecule has 2 N–H and O–H groups in total. The van der Waals surface area contributed by atoms with Gasteiger partial charge in [0.25, 0.3) is 0 Å². The van der Waals surface area contributed by atoms with Crippen LogP contribution in [0.3, 0.4) is 0 Å². The second kappa shape index (κ2) is 7.46. The summed E-state index contributed by atoms with van der Waals surface area (Å²) in [6.45, 7) is 8.42. The van der Waals surface area contributed by atoms with Gasteiger partial charge >= 0.3 is 0 Å². The first-order valence-electron chi connectivity index (χ1n) is 8.72. The molecule has 5 nitrogen and oxygen atoms in total. The van der Waals surface area contributed by atoms with Gasteiger partial charge in [0.15, 0.2) is 0 Å². The molecule has 0 spiro atoms. The normalized spacial score (nSPS) is 17.0. The molecule has 1 aromatic heterocycles. The maximum Gasteiger partial charge on any atom is 0.137 e. The number of ether oxygens (including phenoxy) is 1. The average Bonchev–Trinajstić information content (AvgIpc) is 2.85. The molecule has 0 saturated carbocycles. The van der Waals surface area contributed by atoms with Gasteiger partial charge in [-0.25, -0.2) is 4.68 Å². The Hall–Kier alpha value is -1.40. The molecule has 1 aromatic carbocycles. The summed E-state index contributed by atoms with van der Waals surface area (Å²) in [5.41, 5.74) is 4.48. The number of aryl methyl sites for hydroxylation is 3. The molecular formula is C19H26ClN3O2. The molecule has 136 valence electrons. The molecule has 2 heterocycles. The zero-order valence-electron chi connectivity index (χ0n) is 15.1. The summed E-state index contributed by atoms with van der Waals surface area (Å²) < 4.78 is 7.12. The van der Waals surface area contributed by atoms with Crippen molar-refractivity contribution >= 4 is 11.6 Å². The summed E-state index contributed by atoms with van der Waals surface area (Å²) in [4.78, 5) is 0. The van der Waals surface area contributed by atoms with Crippen molar-refractivity contribution in [2.45, 2.75) is 45.8 Å². The molecule has 1 aliphatic heterocycles. The Labute approximate surface area is 154 Å². The van der Waals surface area contributed by atoms with Crippen LogP contribution in [0.15, 0.2) is 18.2 Å². The van der Waals surface area contributed by atoms with Gasteiger partial charge in [-0.2, -0.15) is 5.10 Å². The Morgan fingerprint density at radius 3 is 2.72 bits per heavy atom. The first kappa shape index (κ1) is 18.4. The second-order valence-corrected chi connectivity index (χ2v) is 7.35. The highest BCUT2D eigenvalue weighted by atomic mass is 35.5. The third-order valence-corrected chi connectivity index (χ3v) is 5.28. The third kappa shape index (κ3) is 4.06. The Kier molecular flexibility index (Phi) is 5.49. The van der Waals surface area contributed by atoms with E-state index in [1.54, 1.807) is 4.68 Å². The molecule has 1 fully saturated rings. The highest BCUT2D eigenvalue weighted by Gasteiger charge is 2.29. The number of nitrogens with one attached hydrogen (secondary N) is 1. The second-order valence-electron chi connectivity index (χ2n) is 7.00. The number of benzene rings is 1. The zero-order valence-corrected chi connectivity index (χ0v) is 15.9. The van der Waals surface area contributed by atoms with E-state index in [-0.39, 0.29) is 0 Å². The van der Waals surface area contributed by atoms with E-state index in [0.29, 0.717) is 44.3 Å². The van der Waals surface area contributed by atoms with E-state index in [1.165, 1.54) is 5.56 Å². The maximum absolute atomic E-state index is 10.5. The first-order chi connectivity index (χ1) is 11.9. The fourth-order valence-corrected chi connectivity index (χ4v) is 3.52. The van der Waals surface area contributed by atoms with Crippen molar-refractivity contribution in [1.82, 2.24) is 15.1 Å². The van der Waals surface area contributed by atoms with Gasteiger partial charge in [-0.1, -0.05) is 23.7 Å². The number of rotatable bonds is 5. The van der Waals surface area contributed by atoms with E-state index >= 15 is 0 Å². The third-order valence-electron chi connectivity index (χ3n) is 4.89. The lowest BCUT2D eigenvalue weighted by Crippen LogP contribution is -2.44. The van der Waals surface area contributed by atoms with E-state index in [4.69, 9.17) is 16.3 Å². The lowest BCUT2D eigenvalue weighted by Gasteiger charge is -2.32. The minimum absolute atomic E-state index is 0.529. The smallest absolute Gasteiger partial charge is 0.137 e. The van der Waals surface area contributed by atoms with Gasteiger partial charge < -0.3 is 15.2 Å². The van der Waals surface area contributed by atoms with Crippen LogP contribution in [-0.4, -0.2) is 40.2 Å². The standard InChI is InChI=1S/C19H26ClN3O2/c1-13-4-5-14(2)17(10-13)23-18(20)16(15(3)22-23)11-21-12-19(24)6-8-25-9-7-19/h4-5,10,21,24H,6-9,11-12H2,1-3H3. The van der Waals surface area contributed by atoms with Crippen molar-refractivity contribution in [3.05, 3.63) is 45.7 Å². The van der Waals surface area contributed by atoms with Crippen LogP contribution < -0.4 is 5.32 Å². The molecule has 25 heavy (non-hydrogen) atoms. The zero-order chi connectivity index (χ0) is 18.0. The summed E-state index contributed by atoms with van der Waals surface area (Å²) >= 11 is 6.62. The Balaban J connectivity index is 1.75. The fourth-order valence-electron chi connectivity index (χ4n) is 3.19. The predicted octanol–water partition coefficient (Wildman–Crippen LogP) is 3.08. The lowest BCUT2D eigenvalue weighted by atomic mass is 9.94. The lowest BCUT2D eigenvalue weighted by molar-refractivity contribution is -0.0617. The van der Waals surface area contributed by atoms with Gasteiger partial charge in [-0.3, -0.25) is 0 Å². The maximum atomic E-state index is 10.5. The van der Waals surface area contributed by atoms with Gasteiger partial charge in [0, 0.05) is 44.7 Å². The number of halogens is 1. The van der Waals surface area contributed by atoms with Gasteiger partial charge in [-0.15, -0.1) is 0 Å². The summed E-state index contributed by atoms with van der Waals surface area (Å²) in [6.07, 6.45) is 1.32. The van der Waals surface area contributed by atoms with Crippen LogP contribution in [0.4, 0.5) is 0 Å². The molecule has 2 aromatic rings. The molecule has 0 atom stereocenters. The van der Waals surface area contributed by atoms with Gasteiger partial charge in [-0.05, 0) is 38.0 Å². The highest BCUT2D eigenvalue weighted by molar-refractivity contribution is 6.30. The van der Waals surface area contributed by atoms with Crippen LogP contribution >= 0.6 is 11.6 Å². The van der Waals surface area contributed by atoms with E-state index in [1.807, 2.05) is 6.92 Å². The molecule has 6 heteroatoms. The van der Waals surface area contributed by atoms with Crippen LogP contribution in [0.1, 0.15) is 35.2 Å². The van der Waals surface area contributed by atoms with Gasteiger partial charge in [0.2, 0.25) is 0 Å². The quantitative estimate of drug-likeness (QED) is 0.857. The topological polar surface area (TPSA) is 59.3 Å². The summed E-state index contributed by atoms with van der Waals surface area (Å²) in [7, 11) is 0. The first-order valence-corrected chi connectivity index (χ1v) is 9.10. The molecule has 0 radical (unpaired) electrons. The minimum Gasteiger partial charge on any atom is -0.388 e. The fraction of sp³-hybridized carbons (Fsp3) is 0.526. The van der Waals surface area contributed by atoms with Gasteiger partial charge in [0.05, 0.1) is 17.0 Å². The molecule has 0 bridgehead atoms. The van der Waals surface area contributed by atoms with Crippen LogP contribution in [0.5, 0.6) is 0 Å². The molecule has 1 saturated heterocycles. The van der Waals surface area contributed by atoms with E-state index < -0.39 is 5.60 Å². The number of hydrogen-bond acceptors (Lipinski definition) is 4. The number of aliphatic hydroxyl groups is 1. The minimum atomic E-state index is -0.693. The molecule has 0 amide bonds. The van der Waals surface area contributed by atoms with Crippen molar-refractivity contribution in [2.24, 2.45) is 0 Å². The van der Waals surface area contributed by atoms with Crippen LogP contribution in [-0.2, 0) is 11.3 Å². The summed E-state index contributed by atoms with van der Waals surface area (Å²) in [6, 6.07) is 6.26. The van der Waals surface area contributed by atoms with Crippen LogP contribution in [0.2, 0.25) is 5.15 Å². The number of hydrogen-bond donors (Lipinski definition) is 2. The van der Waals surface area contributed by atoms with Crippen molar-refractivity contribution in [3.63, 3.8) is 0 Å². The molecule has 1 aliphatic rings. The summed E-state index contributed by atoms with van der Waals surface area (Å²) in [5, 5.41) is 19.1. The number of aromatic nitrogens is 2. The average molecular weight is 364 g/mol. The van der Waals surface area contributed by atoms with E-state index in [0.717, 1.165) is 22.5 Å². The SMILES string of the molecule is Cc1ccc(C)c(-n2nc(C)c(CNCC3(O)CCOCC3)c2Cl)c1. The van der Waals surface area contributed by atoms with Crippen molar-refractivity contribution in [1.29, 1.82) is 0 Å². The van der Waals surface area contributed by atoms with Crippen LogP contribution in [0, 0.1) is 20.8 Å². The molecule has 0 aliphatic carbocycles. The van der Waals surface area contributed by atoms with Crippen molar-refractivity contribution < 1.29 is 9.84 Å². The predicted molar refractivity (Wildman–Crippen MR) is 99.5 cm³/mol.